The van der Waals surface area contributed by atoms with E-state index >= 15 is 0 Å². The number of methoxy groups -OCH3 is 3. The third kappa shape index (κ3) is 3.81. The molecule has 1 amide bonds. The molecule has 0 unspecified atom stereocenters. The van der Waals surface area contributed by atoms with Crippen LogP contribution in [0.1, 0.15) is 15.9 Å². The highest BCUT2D eigenvalue weighted by molar-refractivity contribution is 5.96. The van der Waals surface area contributed by atoms with Gasteiger partial charge >= 0.3 is 0 Å². The minimum Gasteiger partial charge on any atom is -0.493 e. The number of ether oxygens (including phenoxy) is 3. The van der Waals surface area contributed by atoms with Crippen LogP contribution in [0, 0.1) is 5.82 Å². The number of carbonyl (C=O) groups excluding carboxylic acids is 1. The summed E-state index contributed by atoms with van der Waals surface area (Å²) in [5, 5.41) is 3.75. The summed E-state index contributed by atoms with van der Waals surface area (Å²) in [5.74, 6) is 0.150. The second-order valence-corrected chi connectivity index (χ2v) is 4.63. The molecule has 0 radical (unpaired) electrons. The van der Waals surface area contributed by atoms with Gasteiger partial charge in [-0.15, -0.1) is 0 Å². The Labute approximate surface area is 138 Å². The first-order valence-corrected chi connectivity index (χ1v) is 6.98. The molecule has 0 aliphatic rings. The zero-order chi connectivity index (χ0) is 17.5. The predicted molar refractivity (Wildman–Crippen MR) is 87.6 cm³/mol. The number of amides is 1. The van der Waals surface area contributed by atoms with Crippen molar-refractivity contribution in [2.75, 3.05) is 21.3 Å². The Morgan fingerprint density at radius 1 is 1.08 bits per heavy atom. The smallest absolute Gasteiger partial charge is 0.271 e. The van der Waals surface area contributed by atoms with Gasteiger partial charge in [-0.1, -0.05) is 18.2 Å². The fourth-order valence-electron chi connectivity index (χ4n) is 2.02. The van der Waals surface area contributed by atoms with E-state index in [1.54, 1.807) is 18.2 Å². The van der Waals surface area contributed by atoms with Gasteiger partial charge in [0.2, 0.25) is 5.75 Å². The molecular formula is C17H17FN2O4. The molecule has 0 atom stereocenters. The van der Waals surface area contributed by atoms with Crippen LogP contribution in [0.3, 0.4) is 0 Å². The molecule has 0 aromatic heterocycles. The molecule has 0 fully saturated rings. The molecule has 2 rings (SSSR count). The lowest BCUT2D eigenvalue weighted by Gasteiger charge is -2.13. The van der Waals surface area contributed by atoms with E-state index in [0.29, 0.717) is 17.2 Å². The molecule has 0 aliphatic carbocycles. The van der Waals surface area contributed by atoms with Gasteiger partial charge < -0.3 is 14.2 Å². The molecule has 2 aromatic rings. The van der Waals surface area contributed by atoms with Crippen LogP contribution in [0.4, 0.5) is 4.39 Å². The molecule has 0 heterocycles. The number of nitrogens with zero attached hydrogens (tertiary/aromatic N) is 1. The Morgan fingerprint density at radius 2 is 1.71 bits per heavy atom. The van der Waals surface area contributed by atoms with Crippen molar-refractivity contribution in [1.29, 1.82) is 0 Å². The lowest BCUT2D eigenvalue weighted by Crippen LogP contribution is -2.18. The lowest BCUT2D eigenvalue weighted by atomic mass is 10.1. The zero-order valence-electron chi connectivity index (χ0n) is 13.5. The predicted octanol–water partition coefficient (Wildman–Crippen LogP) is 2.62. The summed E-state index contributed by atoms with van der Waals surface area (Å²) in [6, 6.07) is 9.09. The summed E-state index contributed by atoms with van der Waals surface area (Å²) in [6.45, 7) is 0. The molecule has 0 spiro atoms. The Bertz CT molecular complexity index is 737. The maximum Gasteiger partial charge on any atom is 0.271 e. The van der Waals surface area contributed by atoms with Crippen LogP contribution in [0.25, 0.3) is 0 Å². The van der Waals surface area contributed by atoms with Crippen LogP contribution in [0.15, 0.2) is 41.5 Å². The maximum atomic E-state index is 13.5. The number of halogens is 1. The fourth-order valence-corrected chi connectivity index (χ4v) is 2.02. The van der Waals surface area contributed by atoms with E-state index in [4.69, 9.17) is 14.2 Å². The zero-order valence-corrected chi connectivity index (χ0v) is 13.5. The molecule has 2 aromatic carbocycles. The van der Waals surface area contributed by atoms with Crippen molar-refractivity contribution < 1.29 is 23.4 Å². The van der Waals surface area contributed by atoms with Crippen molar-refractivity contribution in [1.82, 2.24) is 5.43 Å². The van der Waals surface area contributed by atoms with Crippen molar-refractivity contribution >= 4 is 12.1 Å². The quantitative estimate of drug-likeness (QED) is 0.652. The van der Waals surface area contributed by atoms with E-state index in [0.717, 1.165) is 0 Å². The second kappa shape index (κ2) is 7.96. The largest absolute Gasteiger partial charge is 0.493 e. The molecule has 0 bridgehead atoms. The number of carbonyl (C=O) groups is 1. The fraction of sp³-hybridized carbons (Fsp3) is 0.176. The van der Waals surface area contributed by atoms with Crippen molar-refractivity contribution in [2.45, 2.75) is 0 Å². The number of rotatable bonds is 6. The molecule has 0 saturated heterocycles. The van der Waals surface area contributed by atoms with E-state index in [9.17, 15) is 9.18 Å². The number of hydrogen-bond donors (Lipinski definition) is 1. The molecule has 126 valence electrons. The van der Waals surface area contributed by atoms with E-state index < -0.39 is 11.7 Å². The van der Waals surface area contributed by atoms with Crippen LogP contribution in [0.5, 0.6) is 17.2 Å². The molecule has 0 saturated carbocycles. The number of hydrazone groups is 1. The van der Waals surface area contributed by atoms with Crippen LogP contribution in [0.2, 0.25) is 0 Å². The minimum absolute atomic E-state index is 0.259. The third-order valence-corrected chi connectivity index (χ3v) is 3.20. The summed E-state index contributed by atoms with van der Waals surface area (Å²) in [5.41, 5.74) is 2.85. The second-order valence-electron chi connectivity index (χ2n) is 4.63. The molecule has 0 aliphatic heterocycles. The average molecular weight is 332 g/mol. The Kier molecular flexibility index (Phi) is 5.73. The Morgan fingerprint density at radius 3 is 2.25 bits per heavy atom. The molecule has 7 heteroatoms. The first kappa shape index (κ1) is 17.3. The van der Waals surface area contributed by atoms with Crippen molar-refractivity contribution in [3.05, 3.63) is 53.3 Å². The van der Waals surface area contributed by atoms with Crippen molar-refractivity contribution in [2.24, 2.45) is 5.10 Å². The van der Waals surface area contributed by atoms with Crippen molar-refractivity contribution in [3.8, 4) is 17.2 Å². The van der Waals surface area contributed by atoms with Crippen LogP contribution in [-0.4, -0.2) is 33.5 Å². The standard InChI is InChI=1S/C17H17FN2O4/c1-22-14-8-12(9-15(23-2)16(14)24-3)17(21)20-19-10-11-6-4-5-7-13(11)18/h4-10H,1-3H3,(H,20,21)/b19-10-. The van der Waals surface area contributed by atoms with Crippen molar-refractivity contribution in [3.63, 3.8) is 0 Å². The van der Waals surface area contributed by atoms with Gasteiger partial charge in [-0.25, -0.2) is 9.82 Å². The first-order chi connectivity index (χ1) is 11.6. The molecular weight excluding hydrogens is 315 g/mol. The van der Waals surface area contributed by atoms with Crippen LogP contribution in [-0.2, 0) is 0 Å². The number of benzene rings is 2. The minimum atomic E-state index is -0.498. The number of hydrogen-bond acceptors (Lipinski definition) is 5. The van der Waals surface area contributed by atoms with Gasteiger partial charge in [-0.3, -0.25) is 4.79 Å². The highest BCUT2D eigenvalue weighted by Crippen LogP contribution is 2.38. The molecule has 24 heavy (non-hydrogen) atoms. The Hall–Kier alpha value is -3.09. The van der Waals surface area contributed by atoms with Gasteiger partial charge in [-0.05, 0) is 18.2 Å². The highest BCUT2D eigenvalue weighted by atomic mass is 19.1. The summed E-state index contributed by atoms with van der Waals surface area (Å²) in [4.78, 5) is 12.2. The number of nitrogens with one attached hydrogen (secondary N) is 1. The summed E-state index contributed by atoms with van der Waals surface area (Å²) in [7, 11) is 4.38. The summed E-state index contributed by atoms with van der Waals surface area (Å²) < 4.78 is 29.0. The molecule has 1 N–H and O–H groups in total. The lowest BCUT2D eigenvalue weighted by molar-refractivity contribution is 0.0954. The van der Waals surface area contributed by atoms with Crippen LogP contribution >= 0.6 is 0 Å². The van der Waals surface area contributed by atoms with Gasteiger partial charge in [0, 0.05) is 11.1 Å². The first-order valence-electron chi connectivity index (χ1n) is 6.98. The summed E-state index contributed by atoms with van der Waals surface area (Å²) >= 11 is 0. The average Bonchev–Trinajstić information content (AvgIpc) is 2.61. The summed E-state index contributed by atoms with van der Waals surface area (Å²) in [6.07, 6.45) is 1.23. The van der Waals surface area contributed by atoms with Crippen LogP contribution < -0.4 is 19.6 Å². The SMILES string of the molecule is COc1cc(C(=O)N/N=C\c2ccccc2F)cc(OC)c1OC. The van der Waals surface area contributed by atoms with Gasteiger partial charge in [-0.2, -0.15) is 5.10 Å². The van der Waals surface area contributed by atoms with E-state index in [1.165, 1.54) is 45.7 Å². The van der Waals surface area contributed by atoms with Gasteiger partial charge in [0.05, 0.1) is 27.5 Å². The normalized spacial score (nSPS) is 10.5. The maximum absolute atomic E-state index is 13.5. The monoisotopic (exact) mass is 332 g/mol. The van der Waals surface area contributed by atoms with Gasteiger partial charge in [0.25, 0.3) is 5.91 Å². The topological polar surface area (TPSA) is 69.2 Å². The van der Waals surface area contributed by atoms with Gasteiger partial charge in [0.15, 0.2) is 11.5 Å². The van der Waals surface area contributed by atoms with Gasteiger partial charge in [0.1, 0.15) is 5.82 Å². The third-order valence-electron chi connectivity index (χ3n) is 3.20. The van der Waals surface area contributed by atoms with E-state index in [2.05, 4.69) is 10.5 Å². The van der Waals surface area contributed by atoms with E-state index in [-0.39, 0.29) is 11.1 Å². The highest BCUT2D eigenvalue weighted by Gasteiger charge is 2.16. The molecule has 6 nitrogen and oxygen atoms in total. The Balaban J connectivity index is 2.19. The van der Waals surface area contributed by atoms with E-state index in [1.807, 2.05) is 0 Å².